The van der Waals surface area contributed by atoms with Crippen LogP contribution in [0.3, 0.4) is 0 Å². The van der Waals surface area contributed by atoms with Crippen molar-refractivity contribution in [3.63, 3.8) is 0 Å². The highest BCUT2D eigenvalue weighted by Gasteiger charge is 2.08. The largest absolute Gasteiger partial charge is 0.496 e. The van der Waals surface area contributed by atoms with Crippen LogP contribution in [0.5, 0.6) is 5.75 Å². The number of hydrogen-bond acceptors (Lipinski definition) is 4. The maximum atomic E-state index is 12.2. The SMILES string of the molecule is CCCCCNc1ccc(C(=O)NCc2ccccc2OC)nc1. The minimum atomic E-state index is -0.196. The van der Waals surface area contributed by atoms with Crippen LogP contribution in [0, 0.1) is 0 Å². The van der Waals surface area contributed by atoms with E-state index in [2.05, 4.69) is 22.5 Å². The third kappa shape index (κ3) is 5.26. The number of pyridine rings is 1. The van der Waals surface area contributed by atoms with Crippen LogP contribution in [-0.2, 0) is 6.54 Å². The average molecular weight is 327 g/mol. The number of nitrogens with one attached hydrogen (secondary N) is 2. The van der Waals surface area contributed by atoms with Gasteiger partial charge in [0, 0.05) is 18.7 Å². The Labute approximate surface area is 143 Å². The Hall–Kier alpha value is -2.56. The number of ether oxygens (including phenoxy) is 1. The first-order valence-corrected chi connectivity index (χ1v) is 8.34. The second-order valence-electron chi connectivity index (χ2n) is 5.56. The van der Waals surface area contributed by atoms with E-state index in [-0.39, 0.29) is 5.91 Å². The first-order chi connectivity index (χ1) is 11.7. The van der Waals surface area contributed by atoms with Crippen molar-refractivity contribution >= 4 is 11.6 Å². The predicted molar refractivity (Wildman–Crippen MR) is 96.4 cm³/mol. The lowest BCUT2D eigenvalue weighted by Gasteiger charge is -2.10. The molecule has 1 heterocycles. The van der Waals surface area contributed by atoms with Gasteiger partial charge in [0.05, 0.1) is 19.0 Å². The summed E-state index contributed by atoms with van der Waals surface area (Å²) < 4.78 is 5.28. The highest BCUT2D eigenvalue weighted by atomic mass is 16.5. The molecule has 0 atom stereocenters. The van der Waals surface area contributed by atoms with Crippen molar-refractivity contribution in [2.45, 2.75) is 32.7 Å². The molecule has 0 aliphatic rings. The number of benzene rings is 1. The maximum Gasteiger partial charge on any atom is 0.270 e. The average Bonchev–Trinajstić information content (AvgIpc) is 2.64. The smallest absolute Gasteiger partial charge is 0.270 e. The van der Waals surface area contributed by atoms with Crippen molar-refractivity contribution < 1.29 is 9.53 Å². The van der Waals surface area contributed by atoms with Gasteiger partial charge in [0.25, 0.3) is 5.91 Å². The highest BCUT2D eigenvalue weighted by molar-refractivity contribution is 5.92. The number of carbonyl (C=O) groups is 1. The van der Waals surface area contributed by atoms with Gasteiger partial charge in [0.1, 0.15) is 11.4 Å². The number of aromatic nitrogens is 1. The van der Waals surface area contributed by atoms with Crippen LogP contribution in [0.4, 0.5) is 5.69 Å². The van der Waals surface area contributed by atoms with Gasteiger partial charge in [0.15, 0.2) is 0 Å². The molecule has 5 nitrogen and oxygen atoms in total. The fourth-order valence-corrected chi connectivity index (χ4v) is 2.36. The van der Waals surface area contributed by atoms with E-state index in [4.69, 9.17) is 4.74 Å². The van der Waals surface area contributed by atoms with Crippen LogP contribution in [0.25, 0.3) is 0 Å². The van der Waals surface area contributed by atoms with Gasteiger partial charge in [-0.2, -0.15) is 0 Å². The van der Waals surface area contributed by atoms with Crippen molar-refractivity contribution in [1.82, 2.24) is 10.3 Å². The molecule has 0 aliphatic heterocycles. The lowest BCUT2D eigenvalue weighted by atomic mass is 10.2. The summed E-state index contributed by atoms with van der Waals surface area (Å²) in [5.41, 5.74) is 2.28. The predicted octanol–water partition coefficient (Wildman–Crippen LogP) is 3.62. The molecule has 0 saturated carbocycles. The summed E-state index contributed by atoms with van der Waals surface area (Å²) in [5, 5.41) is 6.18. The second kappa shape index (κ2) is 9.55. The summed E-state index contributed by atoms with van der Waals surface area (Å²) >= 11 is 0. The summed E-state index contributed by atoms with van der Waals surface area (Å²) in [6.07, 6.45) is 5.25. The molecule has 0 spiro atoms. The molecule has 0 unspecified atom stereocenters. The number of anilines is 1. The summed E-state index contributed by atoms with van der Waals surface area (Å²) in [5.74, 6) is 0.566. The van der Waals surface area contributed by atoms with Gasteiger partial charge in [-0.25, -0.2) is 4.98 Å². The Kier molecular flexibility index (Phi) is 7.08. The molecule has 2 aromatic rings. The van der Waals surface area contributed by atoms with Crippen molar-refractivity contribution in [2.24, 2.45) is 0 Å². The van der Waals surface area contributed by atoms with Crippen molar-refractivity contribution in [3.8, 4) is 5.75 Å². The molecule has 24 heavy (non-hydrogen) atoms. The number of carbonyl (C=O) groups excluding carboxylic acids is 1. The summed E-state index contributed by atoms with van der Waals surface area (Å²) in [6.45, 7) is 3.51. The molecule has 1 amide bonds. The van der Waals surface area contributed by atoms with E-state index in [0.29, 0.717) is 12.2 Å². The number of rotatable bonds is 9. The van der Waals surface area contributed by atoms with Crippen LogP contribution in [-0.4, -0.2) is 24.5 Å². The normalized spacial score (nSPS) is 10.2. The maximum absolute atomic E-state index is 12.2. The lowest BCUT2D eigenvalue weighted by Crippen LogP contribution is -2.24. The minimum Gasteiger partial charge on any atom is -0.496 e. The van der Waals surface area contributed by atoms with E-state index in [0.717, 1.165) is 30.0 Å². The van der Waals surface area contributed by atoms with Crippen molar-refractivity contribution in [2.75, 3.05) is 19.0 Å². The van der Waals surface area contributed by atoms with E-state index in [1.54, 1.807) is 19.4 Å². The second-order valence-corrected chi connectivity index (χ2v) is 5.56. The van der Waals surface area contributed by atoms with Crippen molar-refractivity contribution in [3.05, 3.63) is 53.9 Å². The molecule has 2 rings (SSSR count). The molecule has 1 aromatic carbocycles. The Bertz CT molecular complexity index is 641. The molecule has 5 heteroatoms. The first-order valence-electron chi connectivity index (χ1n) is 8.34. The molecule has 0 fully saturated rings. The van der Waals surface area contributed by atoms with Gasteiger partial charge >= 0.3 is 0 Å². The fraction of sp³-hybridized carbons (Fsp3) is 0.368. The quantitative estimate of drug-likeness (QED) is 0.691. The van der Waals surface area contributed by atoms with Gasteiger partial charge in [0.2, 0.25) is 0 Å². The number of nitrogens with zero attached hydrogens (tertiary/aromatic N) is 1. The molecule has 0 aliphatic carbocycles. The van der Waals surface area contributed by atoms with E-state index in [9.17, 15) is 4.79 Å². The first kappa shape index (κ1) is 17.8. The van der Waals surface area contributed by atoms with Gasteiger partial charge < -0.3 is 15.4 Å². The Morgan fingerprint density at radius 1 is 1.17 bits per heavy atom. The summed E-state index contributed by atoms with van der Waals surface area (Å²) in [4.78, 5) is 16.4. The van der Waals surface area contributed by atoms with Crippen LogP contribution in [0.15, 0.2) is 42.6 Å². The van der Waals surface area contributed by atoms with Gasteiger partial charge in [-0.1, -0.05) is 38.0 Å². The van der Waals surface area contributed by atoms with Crippen LogP contribution in [0.2, 0.25) is 0 Å². The third-order valence-corrected chi connectivity index (χ3v) is 3.74. The molecule has 1 aromatic heterocycles. The Morgan fingerprint density at radius 3 is 2.71 bits per heavy atom. The number of amides is 1. The highest BCUT2D eigenvalue weighted by Crippen LogP contribution is 2.16. The molecular weight excluding hydrogens is 302 g/mol. The Morgan fingerprint density at radius 2 is 2.00 bits per heavy atom. The molecule has 0 bridgehead atoms. The molecule has 128 valence electrons. The fourth-order valence-electron chi connectivity index (χ4n) is 2.36. The van der Waals surface area contributed by atoms with Gasteiger partial charge in [-0.3, -0.25) is 4.79 Å². The van der Waals surface area contributed by atoms with E-state index in [1.165, 1.54) is 12.8 Å². The number of methoxy groups -OCH3 is 1. The topological polar surface area (TPSA) is 63.2 Å². The van der Waals surface area contributed by atoms with Crippen LogP contribution < -0.4 is 15.4 Å². The third-order valence-electron chi connectivity index (χ3n) is 3.74. The van der Waals surface area contributed by atoms with Gasteiger partial charge in [-0.05, 0) is 24.6 Å². The number of unbranched alkanes of at least 4 members (excludes halogenated alkanes) is 2. The minimum absolute atomic E-state index is 0.196. The zero-order valence-corrected chi connectivity index (χ0v) is 14.3. The zero-order valence-electron chi connectivity index (χ0n) is 14.3. The van der Waals surface area contributed by atoms with Crippen molar-refractivity contribution in [1.29, 1.82) is 0 Å². The van der Waals surface area contributed by atoms with Crippen LogP contribution >= 0.6 is 0 Å². The summed E-state index contributed by atoms with van der Waals surface area (Å²) in [6, 6.07) is 11.2. The molecule has 2 N–H and O–H groups in total. The Balaban J connectivity index is 1.86. The zero-order chi connectivity index (χ0) is 17.2. The lowest BCUT2D eigenvalue weighted by molar-refractivity contribution is 0.0945. The van der Waals surface area contributed by atoms with E-state index < -0.39 is 0 Å². The summed E-state index contributed by atoms with van der Waals surface area (Å²) in [7, 11) is 1.62. The monoisotopic (exact) mass is 327 g/mol. The standard InChI is InChI=1S/C19H25N3O2/c1-3-4-7-12-20-16-10-11-17(21-14-16)19(23)22-13-15-8-5-6-9-18(15)24-2/h5-6,8-11,14,20H,3-4,7,12-13H2,1-2H3,(H,22,23). The van der Waals surface area contributed by atoms with Crippen LogP contribution in [0.1, 0.15) is 42.2 Å². The molecule has 0 saturated heterocycles. The number of hydrogen-bond donors (Lipinski definition) is 2. The number of para-hydroxylation sites is 1. The van der Waals surface area contributed by atoms with E-state index >= 15 is 0 Å². The molecule has 0 radical (unpaired) electrons. The van der Waals surface area contributed by atoms with Gasteiger partial charge in [-0.15, -0.1) is 0 Å². The van der Waals surface area contributed by atoms with E-state index in [1.807, 2.05) is 30.3 Å². The molecular formula is C19H25N3O2.